The molecular formula is C38H40F3N3O4S. The van der Waals surface area contributed by atoms with Gasteiger partial charge >= 0.3 is 6.18 Å². The number of benzene rings is 4. The van der Waals surface area contributed by atoms with Crippen LogP contribution in [0, 0.1) is 6.92 Å². The highest BCUT2D eigenvalue weighted by atomic mass is 32.2. The van der Waals surface area contributed by atoms with Crippen molar-refractivity contribution in [1.29, 1.82) is 0 Å². The number of aryl methyl sites for hydroxylation is 1. The Kier molecular flexibility index (Phi) is 11.4. The molecule has 1 saturated carbocycles. The lowest BCUT2D eigenvalue weighted by Crippen LogP contribution is -2.55. The van der Waals surface area contributed by atoms with E-state index in [1.165, 1.54) is 35.2 Å². The van der Waals surface area contributed by atoms with Crippen LogP contribution in [-0.2, 0) is 38.8 Å². The van der Waals surface area contributed by atoms with E-state index in [1.807, 2.05) is 61.5 Å². The Hall–Kier alpha value is -4.64. The van der Waals surface area contributed by atoms with Crippen LogP contribution >= 0.6 is 0 Å². The first kappa shape index (κ1) is 35.7. The molecule has 0 aromatic heterocycles. The number of hydrogen-bond donors (Lipinski definition) is 1. The molecule has 1 aliphatic rings. The minimum Gasteiger partial charge on any atom is -0.352 e. The second kappa shape index (κ2) is 15.7. The average Bonchev–Trinajstić information content (AvgIpc) is 3.09. The minimum atomic E-state index is -4.75. The molecule has 1 fully saturated rings. The number of nitrogens with zero attached hydrogens (tertiary/aromatic N) is 2. The Morgan fingerprint density at radius 3 is 2.10 bits per heavy atom. The molecule has 4 aromatic carbocycles. The summed E-state index contributed by atoms with van der Waals surface area (Å²) in [6, 6.07) is 26.7. The zero-order valence-corrected chi connectivity index (χ0v) is 28.1. The zero-order valence-electron chi connectivity index (χ0n) is 27.3. The number of rotatable bonds is 12. The molecule has 5 rings (SSSR count). The van der Waals surface area contributed by atoms with Crippen molar-refractivity contribution in [2.45, 2.75) is 75.1 Å². The quantitative estimate of drug-likeness (QED) is 0.169. The van der Waals surface area contributed by atoms with Gasteiger partial charge in [0.05, 0.1) is 16.1 Å². The maximum atomic E-state index is 14.6. The summed E-state index contributed by atoms with van der Waals surface area (Å²) in [6.07, 6.45) is 0.0535. The summed E-state index contributed by atoms with van der Waals surface area (Å²) in [5.41, 5.74) is 1.05. The van der Waals surface area contributed by atoms with Gasteiger partial charge in [-0.15, -0.1) is 0 Å². The van der Waals surface area contributed by atoms with Gasteiger partial charge in [0.15, 0.2) is 0 Å². The van der Waals surface area contributed by atoms with Crippen LogP contribution in [0.1, 0.15) is 54.4 Å². The third kappa shape index (κ3) is 9.29. The molecule has 1 aliphatic carbocycles. The smallest absolute Gasteiger partial charge is 0.352 e. The van der Waals surface area contributed by atoms with E-state index in [9.17, 15) is 31.2 Å². The van der Waals surface area contributed by atoms with Crippen LogP contribution in [-0.4, -0.2) is 43.8 Å². The molecule has 0 bridgehead atoms. The fraction of sp³-hybridized carbons (Fsp3) is 0.316. The molecule has 0 spiro atoms. The van der Waals surface area contributed by atoms with E-state index in [-0.39, 0.29) is 35.5 Å². The largest absolute Gasteiger partial charge is 0.416 e. The maximum Gasteiger partial charge on any atom is 0.416 e. The summed E-state index contributed by atoms with van der Waals surface area (Å²) >= 11 is 0. The predicted molar refractivity (Wildman–Crippen MR) is 183 cm³/mol. The van der Waals surface area contributed by atoms with E-state index in [1.54, 1.807) is 6.07 Å². The fourth-order valence-electron chi connectivity index (χ4n) is 6.19. The molecule has 2 amide bonds. The van der Waals surface area contributed by atoms with E-state index >= 15 is 0 Å². The van der Waals surface area contributed by atoms with E-state index < -0.39 is 40.3 Å². The number of alkyl halides is 3. The number of carbonyl (C=O) groups excluding carboxylic acids is 2. The lowest BCUT2D eigenvalue weighted by atomic mass is 9.94. The van der Waals surface area contributed by atoms with Gasteiger partial charge < -0.3 is 10.2 Å². The fourth-order valence-corrected chi connectivity index (χ4v) is 7.62. The van der Waals surface area contributed by atoms with Crippen molar-refractivity contribution in [3.8, 4) is 0 Å². The van der Waals surface area contributed by atoms with Gasteiger partial charge in [0.2, 0.25) is 11.8 Å². The third-order valence-corrected chi connectivity index (χ3v) is 10.5. The molecular weight excluding hydrogens is 651 g/mol. The Balaban J connectivity index is 1.59. The van der Waals surface area contributed by atoms with Gasteiger partial charge in [0.1, 0.15) is 12.6 Å². The normalized spacial score (nSPS) is 14.5. The van der Waals surface area contributed by atoms with Crippen LogP contribution in [0.3, 0.4) is 0 Å². The number of nitrogens with one attached hydrogen (secondary N) is 1. The molecule has 0 unspecified atom stereocenters. The Labute approximate surface area is 285 Å². The van der Waals surface area contributed by atoms with Crippen molar-refractivity contribution in [1.82, 2.24) is 10.2 Å². The highest BCUT2D eigenvalue weighted by Crippen LogP contribution is 2.33. The summed E-state index contributed by atoms with van der Waals surface area (Å²) in [5, 5.41) is 3.15. The summed E-state index contributed by atoms with van der Waals surface area (Å²) in [6.45, 7) is 1.03. The molecule has 0 heterocycles. The Bertz CT molecular complexity index is 1830. The second-order valence-corrected chi connectivity index (χ2v) is 14.3. The third-order valence-electron chi connectivity index (χ3n) is 8.73. The summed E-state index contributed by atoms with van der Waals surface area (Å²) in [7, 11) is -4.53. The topological polar surface area (TPSA) is 86.8 Å². The highest BCUT2D eigenvalue weighted by molar-refractivity contribution is 7.92. The van der Waals surface area contributed by atoms with Crippen LogP contribution in [0.15, 0.2) is 114 Å². The van der Waals surface area contributed by atoms with E-state index in [4.69, 9.17) is 0 Å². The van der Waals surface area contributed by atoms with Gasteiger partial charge in [-0.25, -0.2) is 8.42 Å². The summed E-state index contributed by atoms with van der Waals surface area (Å²) < 4.78 is 70.4. The number of anilines is 1. The molecule has 258 valence electrons. The van der Waals surface area contributed by atoms with E-state index in [2.05, 4.69) is 5.32 Å². The van der Waals surface area contributed by atoms with Crippen molar-refractivity contribution in [2.75, 3.05) is 10.8 Å². The number of hydrogen-bond acceptors (Lipinski definition) is 4. The number of carbonyl (C=O) groups is 2. The van der Waals surface area contributed by atoms with Crippen LogP contribution in [0.2, 0.25) is 0 Å². The molecule has 1 N–H and O–H groups in total. The molecule has 0 aliphatic heterocycles. The first-order chi connectivity index (χ1) is 23.4. The highest BCUT2D eigenvalue weighted by Gasteiger charge is 2.37. The maximum absolute atomic E-state index is 14.6. The van der Waals surface area contributed by atoms with Crippen molar-refractivity contribution >= 4 is 27.5 Å². The second-order valence-electron chi connectivity index (χ2n) is 12.4. The van der Waals surface area contributed by atoms with E-state index in [0.717, 1.165) is 61.4 Å². The summed E-state index contributed by atoms with van der Waals surface area (Å²) in [5.74, 6) is -1.11. The van der Waals surface area contributed by atoms with Crippen LogP contribution in [0.5, 0.6) is 0 Å². The van der Waals surface area contributed by atoms with E-state index in [0.29, 0.717) is 9.87 Å². The van der Waals surface area contributed by atoms with Crippen molar-refractivity contribution in [3.63, 3.8) is 0 Å². The Morgan fingerprint density at radius 2 is 1.45 bits per heavy atom. The average molecular weight is 692 g/mol. The summed E-state index contributed by atoms with van der Waals surface area (Å²) in [4.78, 5) is 30.0. The lowest BCUT2D eigenvalue weighted by Gasteiger charge is -2.35. The Morgan fingerprint density at radius 1 is 0.816 bits per heavy atom. The molecule has 11 heteroatoms. The zero-order chi connectivity index (χ0) is 35.0. The first-order valence-electron chi connectivity index (χ1n) is 16.4. The first-order valence-corrected chi connectivity index (χ1v) is 17.8. The molecule has 0 saturated heterocycles. The SMILES string of the molecule is Cc1cccc(CN(C(=O)CN(c2cccc(C(F)(F)F)c2)S(=O)(=O)c2ccccc2)[C@H](Cc2ccccc2)C(=O)NC2CCCCC2)c1. The van der Waals surface area contributed by atoms with Crippen molar-refractivity contribution < 1.29 is 31.2 Å². The monoisotopic (exact) mass is 691 g/mol. The number of amides is 2. The predicted octanol–water partition coefficient (Wildman–Crippen LogP) is 7.30. The van der Waals surface area contributed by atoms with Gasteiger partial charge in [0, 0.05) is 19.0 Å². The molecule has 49 heavy (non-hydrogen) atoms. The number of sulfonamides is 1. The van der Waals surface area contributed by atoms with Crippen molar-refractivity contribution in [3.05, 3.63) is 131 Å². The number of halogens is 3. The minimum absolute atomic E-state index is 0.0298. The van der Waals surface area contributed by atoms with Crippen molar-refractivity contribution in [2.24, 2.45) is 0 Å². The van der Waals surface area contributed by atoms with Gasteiger partial charge in [-0.2, -0.15) is 13.2 Å². The molecule has 0 radical (unpaired) electrons. The standard InChI is InChI=1S/C38H40F3N3O4S/c1-28-13-11-16-30(23-28)26-43(35(24-29-14-5-2-6-15-29)37(46)42-32-18-7-3-8-19-32)36(45)27-44(49(47,48)34-21-9-4-10-22-34)33-20-12-17-31(25-33)38(39,40)41/h2,4-6,9-17,20-23,25,32,35H,3,7-8,18-19,24,26-27H2,1H3,(H,42,46)/t35-/m1/s1. The van der Waals surface area contributed by atoms with Crippen LogP contribution in [0.25, 0.3) is 0 Å². The molecule has 1 atom stereocenters. The van der Waals surface area contributed by atoms with Crippen LogP contribution < -0.4 is 9.62 Å². The molecule has 4 aromatic rings. The van der Waals surface area contributed by atoms with Gasteiger partial charge in [-0.1, -0.05) is 104 Å². The molecule has 7 nitrogen and oxygen atoms in total. The van der Waals surface area contributed by atoms with Crippen LogP contribution in [0.4, 0.5) is 18.9 Å². The van der Waals surface area contributed by atoms with Gasteiger partial charge in [0.25, 0.3) is 10.0 Å². The van der Waals surface area contributed by atoms with Gasteiger partial charge in [-0.05, 0) is 61.2 Å². The van der Waals surface area contributed by atoms with Gasteiger partial charge in [-0.3, -0.25) is 13.9 Å². The lowest BCUT2D eigenvalue weighted by molar-refractivity contribution is -0.140.